The van der Waals surface area contributed by atoms with Gasteiger partial charge < -0.3 is 10.5 Å². The number of nitrogens with zero attached hydrogens (tertiary/aromatic N) is 6. The van der Waals surface area contributed by atoms with E-state index in [4.69, 9.17) is 28.9 Å². The fourth-order valence-corrected chi connectivity index (χ4v) is 3.75. The van der Waals surface area contributed by atoms with Crippen LogP contribution in [-0.4, -0.2) is 59.1 Å². The lowest BCUT2D eigenvalue weighted by Gasteiger charge is -2.33. The summed E-state index contributed by atoms with van der Waals surface area (Å²) in [6, 6.07) is 10.6. The van der Waals surface area contributed by atoms with Crippen molar-refractivity contribution in [3.8, 4) is 11.9 Å². The number of halogens is 4. The van der Waals surface area contributed by atoms with Crippen LogP contribution in [0.25, 0.3) is 0 Å². The summed E-state index contributed by atoms with van der Waals surface area (Å²) in [6.07, 6.45) is 2.53. The maximum absolute atomic E-state index is 13.0. The number of hydrogen-bond donors (Lipinski definition) is 2. The zero-order chi connectivity index (χ0) is 26.9. The molecule has 3 N–H and O–H groups in total. The molecular formula is C23H24Cl2F2N8O2. The zero-order valence-corrected chi connectivity index (χ0v) is 21.3. The van der Waals surface area contributed by atoms with E-state index in [1.165, 1.54) is 28.2 Å². The molecule has 10 nitrogen and oxygen atoms in total. The number of nitrogens with two attached hydrogens (primary N) is 1. The Morgan fingerprint density at radius 2 is 2.11 bits per heavy atom. The van der Waals surface area contributed by atoms with E-state index in [9.17, 15) is 18.8 Å². The van der Waals surface area contributed by atoms with Gasteiger partial charge in [0.15, 0.2) is 12.0 Å². The molecule has 14 heteroatoms. The lowest BCUT2D eigenvalue weighted by molar-refractivity contribution is -0.142. The summed E-state index contributed by atoms with van der Waals surface area (Å²) >= 11 is 12.3. The molecule has 0 radical (unpaired) electrons. The van der Waals surface area contributed by atoms with Crippen molar-refractivity contribution in [2.75, 3.05) is 19.8 Å². The average Bonchev–Trinajstić information content (AvgIpc) is 3.29. The normalized spacial score (nSPS) is 13.5. The van der Waals surface area contributed by atoms with Gasteiger partial charge in [0.1, 0.15) is 12.4 Å². The van der Waals surface area contributed by atoms with Crippen LogP contribution >= 0.6 is 23.2 Å². The first-order valence-electron chi connectivity index (χ1n) is 11.2. The molecule has 1 amide bonds. The quantitative estimate of drug-likeness (QED) is 0.208. The summed E-state index contributed by atoms with van der Waals surface area (Å²) in [6.45, 7) is -0.507. The van der Waals surface area contributed by atoms with Gasteiger partial charge in [0.2, 0.25) is 11.9 Å². The highest BCUT2D eigenvalue weighted by Gasteiger charge is 2.33. The lowest BCUT2D eigenvalue weighted by Crippen LogP contribution is -2.50. The molecule has 1 aliphatic heterocycles. The maximum atomic E-state index is 13.0. The SMILES string of the molecule is CCN(C(=O)CCCN)N1CN(C(=Nc2cccc(OC(F)F)c2)NC#N)N=C1c1ccc(Cl)c(Cl)c1. The Bertz CT molecular complexity index is 1220. The van der Waals surface area contributed by atoms with E-state index in [2.05, 4.69) is 20.1 Å². The van der Waals surface area contributed by atoms with Crippen LogP contribution in [0.4, 0.5) is 14.5 Å². The number of amides is 1. The molecule has 3 rings (SSSR count). The van der Waals surface area contributed by atoms with E-state index in [-0.39, 0.29) is 41.4 Å². The van der Waals surface area contributed by atoms with Crippen LogP contribution in [0.3, 0.4) is 0 Å². The third kappa shape index (κ3) is 7.19. The molecule has 0 unspecified atom stereocenters. The minimum absolute atomic E-state index is 0.00147. The molecule has 0 fully saturated rings. The molecule has 0 spiro atoms. The smallest absolute Gasteiger partial charge is 0.387 e. The van der Waals surface area contributed by atoms with Gasteiger partial charge in [0, 0.05) is 24.6 Å². The topological polar surface area (TPSA) is 123 Å². The number of carbonyl (C=O) groups excluding carboxylic acids is 1. The molecular weight excluding hydrogens is 529 g/mol. The number of aliphatic imine (C=N–C) groups is 1. The first-order valence-corrected chi connectivity index (χ1v) is 11.9. The predicted octanol–water partition coefficient (Wildman–Crippen LogP) is 4.09. The Labute approximate surface area is 222 Å². The van der Waals surface area contributed by atoms with E-state index in [1.807, 2.05) is 6.92 Å². The molecule has 2 aromatic carbocycles. The molecule has 0 saturated heterocycles. The molecule has 196 valence electrons. The van der Waals surface area contributed by atoms with E-state index in [1.54, 1.807) is 35.5 Å². The number of amidine groups is 1. The number of hydrazine groups is 1. The van der Waals surface area contributed by atoms with Gasteiger partial charge in [-0.25, -0.2) is 15.0 Å². The maximum Gasteiger partial charge on any atom is 0.387 e. The molecule has 0 aliphatic carbocycles. The van der Waals surface area contributed by atoms with Crippen LogP contribution in [0.5, 0.6) is 5.75 Å². The van der Waals surface area contributed by atoms with Gasteiger partial charge in [-0.15, -0.1) is 5.10 Å². The predicted molar refractivity (Wildman–Crippen MR) is 136 cm³/mol. The third-order valence-corrected chi connectivity index (χ3v) is 5.81. The highest BCUT2D eigenvalue weighted by Crippen LogP contribution is 2.27. The van der Waals surface area contributed by atoms with Crippen LogP contribution < -0.4 is 15.8 Å². The summed E-state index contributed by atoms with van der Waals surface area (Å²) in [4.78, 5) is 17.3. The first kappa shape index (κ1) is 27.9. The van der Waals surface area contributed by atoms with Gasteiger partial charge in [-0.1, -0.05) is 29.3 Å². The number of hydrogen-bond acceptors (Lipinski definition) is 7. The van der Waals surface area contributed by atoms with Crippen molar-refractivity contribution in [1.29, 1.82) is 5.26 Å². The van der Waals surface area contributed by atoms with Gasteiger partial charge >= 0.3 is 6.61 Å². The molecule has 37 heavy (non-hydrogen) atoms. The van der Waals surface area contributed by atoms with Gasteiger partial charge in [-0.05, 0) is 50.2 Å². The van der Waals surface area contributed by atoms with Gasteiger partial charge in [0.25, 0.3) is 0 Å². The highest BCUT2D eigenvalue weighted by atomic mass is 35.5. The number of guanidine groups is 1. The van der Waals surface area contributed by atoms with Crippen LogP contribution in [0, 0.1) is 11.5 Å². The summed E-state index contributed by atoms with van der Waals surface area (Å²) in [5, 5.41) is 21.5. The lowest BCUT2D eigenvalue weighted by atomic mass is 10.2. The summed E-state index contributed by atoms with van der Waals surface area (Å²) < 4.78 is 29.7. The second-order valence-electron chi connectivity index (χ2n) is 7.54. The number of alkyl halides is 2. The first-order chi connectivity index (χ1) is 17.8. The van der Waals surface area contributed by atoms with Crippen molar-refractivity contribution in [1.82, 2.24) is 20.3 Å². The van der Waals surface area contributed by atoms with Gasteiger partial charge in [0.05, 0.1) is 15.7 Å². The molecule has 1 aliphatic rings. The molecule has 0 atom stereocenters. The van der Waals surface area contributed by atoms with Gasteiger partial charge in [-0.2, -0.15) is 14.0 Å². The Morgan fingerprint density at radius 1 is 1.32 bits per heavy atom. The fourth-order valence-electron chi connectivity index (χ4n) is 3.45. The molecule has 0 saturated carbocycles. The van der Waals surface area contributed by atoms with E-state index < -0.39 is 6.61 Å². The minimum Gasteiger partial charge on any atom is -0.435 e. The van der Waals surface area contributed by atoms with Gasteiger partial charge in [-0.3, -0.25) is 15.1 Å². The van der Waals surface area contributed by atoms with Crippen molar-refractivity contribution >= 4 is 46.6 Å². The van der Waals surface area contributed by atoms with Crippen molar-refractivity contribution in [3.05, 3.63) is 58.1 Å². The van der Waals surface area contributed by atoms with E-state index in [0.29, 0.717) is 35.9 Å². The number of nitriles is 1. The van der Waals surface area contributed by atoms with Crippen molar-refractivity contribution in [3.63, 3.8) is 0 Å². The number of benzene rings is 2. The number of nitrogens with one attached hydrogen (secondary N) is 1. The number of ether oxygens (including phenoxy) is 1. The monoisotopic (exact) mass is 552 g/mol. The standard InChI is InChI=1S/C23H24Cl2F2N8O2/c1-2-34(20(36)7-4-10-28)35-14-33(32-21(35)15-8-9-18(24)19(25)11-15)23(30-13-29)31-16-5-3-6-17(12-16)37-22(26)27/h3,5-6,8-9,11-12,22H,2,4,7,10,14,28H2,1H3,(H,30,31). The Morgan fingerprint density at radius 3 is 2.76 bits per heavy atom. The van der Waals surface area contributed by atoms with Crippen LogP contribution in [0.2, 0.25) is 10.0 Å². The number of hydrazone groups is 1. The Kier molecular flexibility index (Phi) is 9.85. The van der Waals surface area contributed by atoms with Crippen LogP contribution in [0.1, 0.15) is 25.3 Å². The fraction of sp³-hybridized carbons (Fsp3) is 0.304. The third-order valence-electron chi connectivity index (χ3n) is 5.07. The largest absolute Gasteiger partial charge is 0.435 e. The second kappa shape index (κ2) is 13.0. The number of carbonyl (C=O) groups is 1. The summed E-state index contributed by atoms with van der Waals surface area (Å²) in [5.74, 6) is 0.0651. The molecule has 0 aromatic heterocycles. The van der Waals surface area contributed by atoms with E-state index >= 15 is 0 Å². The van der Waals surface area contributed by atoms with Crippen molar-refractivity contribution < 1.29 is 18.3 Å². The van der Waals surface area contributed by atoms with Crippen molar-refractivity contribution in [2.24, 2.45) is 15.8 Å². The summed E-state index contributed by atoms with van der Waals surface area (Å²) in [7, 11) is 0. The number of rotatable bonds is 9. The Hall–Kier alpha value is -3.66. The Balaban J connectivity index is 2.03. The van der Waals surface area contributed by atoms with Crippen LogP contribution in [0.15, 0.2) is 52.6 Å². The second-order valence-corrected chi connectivity index (χ2v) is 8.36. The van der Waals surface area contributed by atoms with Crippen molar-refractivity contribution in [2.45, 2.75) is 26.4 Å². The minimum atomic E-state index is -3.00. The van der Waals surface area contributed by atoms with Crippen LogP contribution in [-0.2, 0) is 4.79 Å². The highest BCUT2D eigenvalue weighted by molar-refractivity contribution is 6.42. The summed E-state index contributed by atoms with van der Waals surface area (Å²) in [5.41, 5.74) is 6.37. The molecule has 0 bridgehead atoms. The average molecular weight is 553 g/mol. The molecule has 2 aromatic rings. The zero-order valence-electron chi connectivity index (χ0n) is 19.7. The molecule has 1 heterocycles. The van der Waals surface area contributed by atoms with E-state index in [0.717, 1.165) is 0 Å².